The van der Waals surface area contributed by atoms with E-state index in [1.54, 1.807) is 13.8 Å². The average Bonchev–Trinajstić information content (AvgIpc) is 3.53. The minimum absolute atomic E-state index is 0.0197. The lowest BCUT2D eigenvalue weighted by Crippen LogP contribution is -2.50. The lowest BCUT2D eigenvalue weighted by atomic mass is 9.78. The molecule has 3 aromatic rings. The number of rotatable bonds is 11. The smallest absolute Gasteiger partial charge is 0.251 e. The number of imidazole rings is 1. The fourth-order valence-corrected chi connectivity index (χ4v) is 5.72. The van der Waals surface area contributed by atoms with Crippen molar-refractivity contribution in [3.8, 4) is 17.0 Å². The van der Waals surface area contributed by atoms with Crippen LogP contribution in [0.5, 0.6) is 5.75 Å². The average molecular weight is 620 g/mol. The number of halogens is 4. The molecule has 0 aliphatic carbocycles. The fourth-order valence-electron chi connectivity index (χ4n) is 5.72. The van der Waals surface area contributed by atoms with E-state index in [2.05, 4.69) is 15.6 Å². The molecule has 0 radical (unpaired) electrons. The first-order valence-corrected chi connectivity index (χ1v) is 14.2. The standard InChI is InChI=1S/C31H37F4N5O4/c1-17(41)30(44)40(15-19-12-37-13-25(19)35)28(31(2,3)11-27(43)36-4)29-38-26(23-10-20(32)5-6-24(23)34)16-39(29)14-18-7-21(33)9-22(42)8-18/h5-10,16-17,19,25,28,37,41-42H,11-15H2,1-4H3,(H,36,43)/t17-,19-,25-,28-/m0/s1. The summed E-state index contributed by atoms with van der Waals surface area (Å²) in [5, 5.41) is 26.0. The zero-order chi connectivity index (χ0) is 32.3. The summed E-state index contributed by atoms with van der Waals surface area (Å²) in [7, 11) is 1.45. The zero-order valence-electron chi connectivity index (χ0n) is 25.0. The van der Waals surface area contributed by atoms with Gasteiger partial charge < -0.3 is 30.3 Å². The van der Waals surface area contributed by atoms with E-state index in [1.807, 2.05) is 0 Å². The molecule has 44 heavy (non-hydrogen) atoms. The second-order valence-corrected chi connectivity index (χ2v) is 11.9. The molecule has 1 aliphatic heterocycles. The summed E-state index contributed by atoms with van der Waals surface area (Å²) in [6.45, 7) is 4.71. The molecule has 2 aromatic carbocycles. The molecule has 13 heteroatoms. The van der Waals surface area contributed by atoms with Crippen LogP contribution in [-0.2, 0) is 16.1 Å². The summed E-state index contributed by atoms with van der Waals surface area (Å²) in [6.07, 6.45) is -1.55. The van der Waals surface area contributed by atoms with Crippen molar-refractivity contribution in [3.05, 3.63) is 71.4 Å². The maximum Gasteiger partial charge on any atom is 0.251 e. The Hall–Kier alpha value is -3.97. The van der Waals surface area contributed by atoms with Crippen LogP contribution in [0.1, 0.15) is 44.6 Å². The largest absolute Gasteiger partial charge is 0.508 e. The molecule has 0 bridgehead atoms. The summed E-state index contributed by atoms with van der Waals surface area (Å²) < 4.78 is 59.9. The minimum Gasteiger partial charge on any atom is -0.508 e. The monoisotopic (exact) mass is 619 g/mol. The van der Waals surface area contributed by atoms with Gasteiger partial charge in [-0.25, -0.2) is 22.5 Å². The van der Waals surface area contributed by atoms with Gasteiger partial charge in [-0.05, 0) is 42.8 Å². The molecule has 0 saturated carbocycles. The van der Waals surface area contributed by atoms with E-state index in [4.69, 9.17) is 0 Å². The van der Waals surface area contributed by atoms with Crippen molar-refractivity contribution in [2.45, 2.75) is 52.1 Å². The molecular weight excluding hydrogens is 582 g/mol. The number of aliphatic hydroxyl groups excluding tert-OH is 1. The normalized spacial score (nSPS) is 18.2. The first-order valence-electron chi connectivity index (χ1n) is 14.2. The third-order valence-electron chi connectivity index (χ3n) is 7.83. The Bertz CT molecular complexity index is 1490. The van der Waals surface area contributed by atoms with Gasteiger partial charge in [0.25, 0.3) is 5.91 Å². The number of nitrogens with zero attached hydrogens (tertiary/aromatic N) is 3. The summed E-state index contributed by atoms with van der Waals surface area (Å²) in [5.74, 6) is -4.25. The highest BCUT2D eigenvalue weighted by Crippen LogP contribution is 2.43. The maximum atomic E-state index is 15.0. The number of hydrogen-bond donors (Lipinski definition) is 4. The Balaban J connectivity index is 1.97. The number of amides is 2. The van der Waals surface area contributed by atoms with Crippen molar-refractivity contribution in [2.24, 2.45) is 11.3 Å². The molecular formula is C31H37F4N5O4. The number of benzene rings is 2. The predicted molar refractivity (Wildman–Crippen MR) is 155 cm³/mol. The molecule has 1 aromatic heterocycles. The van der Waals surface area contributed by atoms with Crippen molar-refractivity contribution in [3.63, 3.8) is 0 Å². The van der Waals surface area contributed by atoms with Gasteiger partial charge in [-0.3, -0.25) is 9.59 Å². The molecule has 238 valence electrons. The lowest BCUT2D eigenvalue weighted by molar-refractivity contribution is -0.147. The van der Waals surface area contributed by atoms with Gasteiger partial charge in [-0.1, -0.05) is 13.8 Å². The molecule has 1 saturated heterocycles. The van der Waals surface area contributed by atoms with Gasteiger partial charge in [0, 0.05) is 68.8 Å². The van der Waals surface area contributed by atoms with Crippen LogP contribution in [0.25, 0.3) is 11.3 Å². The third kappa shape index (κ3) is 7.39. The molecule has 4 N–H and O–H groups in total. The summed E-state index contributed by atoms with van der Waals surface area (Å²) in [4.78, 5) is 32.4. The highest BCUT2D eigenvalue weighted by molar-refractivity contribution is 5.81. The van der Waals surface area contributed by atoms with Crippen molar-refractivity contribution in [1.29, 1.82) is 0 Å². The number of phenols is 1. The van der Waals surface area contributed by atoms with Crippen molar-refractivity contribution < 1.29 is 37.4 Å². The molecule has 1 fully saturated rings. The van der Waals surface area contributed by atoms with Crippen molar-refractivity contribution in [1.82, 2.24) is 25.1 Å². The van der Waals surface area contributed by atoms with Crippen molar-refractivity contribution in [2.75, 3.05) is 26.7 Å². The van der Waals surface area contributed by atoms with Crippen LogP contribution in [-0.4, -0.2) is 75.4 Å². The maximum absolute atomic E-state index is 15.0. The summed E-state index contributed by atoms with van der Waals surface area (Å²) >= 11 is 0. The zero-order valence-corrected chi connectivity index (χ0v) is 25.0. The Morgan fingerprint density at radius 2 is 1.89 bits per heavy atom. The lowest BCUT2D eigenvalue weighted by Gasteiger charge is -2.43. The van der Waals surface area contributed by atoms with Gasteiger partial charge in [0.2, 0.25) is 5.91 Å². The second-order valence-electron chi connectivity index (χ2n) is 11.9. The Labute approximate surface area is 252 Å². The first kappa shape index (κ1) is 32.9. The van der Waals surface area contributed by atoms with Gasteiger partial charge in [0.1, 0.15) is 41.3 Å². The SMILES string of the molecule is CNC(=O)CC(C)(C)[C@H](c1nc(-c2cc(F)ccc2F)cn1Cc1cc(O)cc(F)c1)N(C[C@@H]1CNC[C@@H]1F)C(=O)[C@H](C)O. The quantitative estimate of drug-likeness (QED) is 0.243. The molecule has 4 atom stereocenters. The number of aromatic nitrogens is 2. The van der Waals surface area contributed by atoms with Crippen LogP contribution in [0.2, 0.25) is 0 Å². The number of alkyl halides is 1. The van der Waals surface area contributed by atoms with E-state index in [1.165, 1.54) is 41.8 Å². The first-order chi connectivity index (χ1) is 20.7. The third-order valence-corrected chi connectivity index (χ3v) is 7.83. The highest BCUT2D eigenvalue weighted by atomic mass is 19.1. The van der Waals surface area contributed by atoms with Crippen LogP contribution < -0.4 is 10.6 Å². The Morgan fingerprint density at radius 1 is 1.16 bits per heavy atom. The number of nitrogens with one attached hydrogen (secondary N) is 2. The van der Waals surface area contributed by atoms with E-state index < -0.39 is 53.0 Å². The molecule has 2 heterocycles. The molecule has 4 rings (SSSR count). The van der Waals surface area contributed by atoms with Crippen LogP contribution in [0, 0.1) is 28.8 Å². The second kappa shape index (κ2) is 13.3. The van der Waals surface area contributed by atoms with Crippen molar-refractivity contribution >= 4 is 11.8 Å². The number of phenolic OH excluding ortho intramolecular Hbond substituents is 1. The molecule has 9 nitrogen and oxygen atoms in total. The number of aliphatic hydroxyl groups is 1. The van der Waals surface area contributed by atoms with E-state index in [0.717, 1.165) is 24.3 Å². The van der Waals surface area contributed by atoms with Gasteiger partial charge >= 0.3 is 0 Å². The van der Waals surface area contributed by atoms with E-state index in [9.17, 15) is 37.4 Å². The Kier molecular flexibility index (Phi) is 9.99. The predicted octanol–water partition coefficient (Wildman–Crippen LogP) is 3.69. The summed E-state index contributed by atoms with van der Waals surface area (Å²) in [5.41, 5.74) is -1.05. The van der Waals surface area contributed by atoms with Crippen LogP contribution in [0.3, 0.4) is 0 Å². The topological polar surface area (TPSA) is 120 Å². The van der Waals surface area contributed by atoms with Crippen LogP contribution >= 0.6 is 0 Å². The summed E-state index contributed by atoms with van der Waals surface area (Å²) in [6, 6.07) is 5.15. The van der Waals surface area contributed by atoms with Gasteiger partial charge in [-0.15, -0.1) is 0 Å². The molecule has 1 aliphatic rings. The number of carbonyl (C=O) groups is 2. The Morgan fingerprint density at radius 3 is 2.50 bits per heavy atom. The van der Waals surface area contributed by atoms with Gasteiger partial charge in [0.05, 0.1) is 11.7 Å². The van der Waals surface area contributed by atoms with Gasteiger partial charge in [0.15, 0.2) is 0 Å². The molecule has 2 amide bonds. The number of carbonyl (C=O) groups excluding carboxylic acids is 2. The van der Waals surface area contributed by atoms with E-state index in [-0.39, 0.29) is 66.9 Å². The fraction of sp³-hybridized carbons (Fsp3) is 0.452. The van der Waals surface area contributed by atoms with Gasteiger partial charge in [-0.2, -0.15) is 0 Å². The van der Waals surface area contributed by atoms with Crippen LogP contribution in [0.4, 0.5) is 17.6 Å². The number of aromatic hydroxyl groups is 1. The molecule has 0 unspecified atom stereocenters. The van der Waals surface area contributed by atoms with E-state index in [0.29, 0.717) is 0 Å². The molecule has 0 spiro atoms. The highest BCUT2D eigenvalue weighted by Gasteiger charge is 2.45. The number of hydrogen-bond acceptors (Lipinski definition) is 6. The van der Waals surface area contributed by atoms with Crippen LogP contribution in [0.15, 0.2) is 42.6 Å². The van der Waals surface area contributed by atoms with E-state index >= 15 is 0 Å². The minimum atomic E-state index is -1.51.